The van der Waals surface area contributed by atoms with E-state index >= 15 is 0 Å². The number of pyridine rings is 1. The molecule has 1 aromatic heterocycles. The lowest BCUT2D eigenvalue weighted by atomic mass is 9.94. The number of nitrogens with zero attached hydrogens (tertiary/aromatic N) is 1. The van der Waals surface area contributed by atoms with E-state index in [-0.39, 0.29) is 17.4 Å². The van der Waals surface area contributed by atoms with Gasteiger partial charge in [0.05, 0.1) is 18.0 Å². The predicted octanol–water partition coefficient (Wildman–Crippen LogP) is 1.44. The molecule has 16 heavy (non-hydrogen) atoms. The Hall–Kier alpha value is -1.13. The third-order valence-corrected chi connectivity index (χ3v) is 3.37. The second kappa shape index (κ2) is 4.39. The maximum atomic E-state index is 9.13. The Kier molecular flexibility index (Phi) is 3.12. The third-order valence-electron chi connectivity index (χ3n) is 3.37. The lowest BCUT2D eigenvalue weighted by molar-refractivity contribution is 0.0880. The molecule has 1 aliphatic heterocycles. The Morgan fingerprint density at radius 2 is 2.44 bits per heavy atom. The molecule has 0 radical (unpaired) electrons. The second-order valence-corrected chi connectivity index (χ2v) is 4.54. The highest BCUT2D eigenvalue weighted by Gasteiger charge is 2.36. The highest BCUT2D eigenvalue weighted by atomic mass is 16.5. The van der Waals surface area contributed by atoms with Gasteiger partial charge in [0.25, 0.3) is 0 Å². The van der Waals surface area contributed by atoms with Gasteiger partial charge >= 0.3 is 0 Å². The van der Waals surface area contributed by atoms with Gasteiger partial charge in [-0.1, -0.05) is 0 Å². The van der Waals surface area contributed by atoms with E-state index in [0.717, 1.165) is 18.7 Å². The number of ether oxygens (including phenoxy) is 1. The molecule has 0 spiro atoms. The van der Waals surface area contributed by atoms with Gasteiger partial charge in [0.2, 0.25) is 0 Å². The summed E-state index contributed by atoms with van der Waals surface area (Å²) in [5, 5.41) is 12.6. The number of aromatic nitrogens is 1. The molecule has 2 unspecified atom stereocenters. The highest BCUT2D eigenvalue weighted by Crippen LogP contribution is 2.25. The first-order valence-electron chi connectivity index (χ1n) is 5.61. The molecular formula is C12H18N2O2. The maximum Gasteiger partial charge on any atom is 0.133 e. The average molecular weight is 222 g/mol. The standard InChI is InChI=1S/C12H18N2O2/c1-9-12(2,5-6-16-9)14-7-10-3-4-11(15)8-13-10/h3-4,8-9,14-15H,5-7H2,1-2H3. The molecule has 0 saturated carbocycles. The van der Waals surface area contributed by atoms with E-state index in [1.54, 1.807) is 6.07 Å². The fraction of sp³-hybridized carbons (Fsp3) is 0.583. The largest absolute Gasteiger partial charge is 0.506 e. The molecule has 0 aromatic carbocycles. The lowest BCUT2D eigenvalue weighted by Crippen LogP contribution is -2.47. The molecule has 4 nitrogen and oxygen atoms in total. The van der Waals surface area contributed by atoms with Crippen molar-refractivity contribution in [1.29, 1.82) is 0 Å². The van der Waals surface area contributed by atoms with Crippen molar-refractivity contribution < 1.29 is 9.84 Å². The molecule has 2 N–H and O–H groups in total. The van der Waals surface area contributed by atoms with Gasteiger partial charge in [0.15, 0.2) is 0 Å². The SMILES string of the molecule is CC1OCCC1(C)NCc1ccc(O)cn1. The van der Waals surface area contributed by atoms with Gasteiger partial charge in [-0.15, -0.1) is 0 Å². The van der Waals surface area contributed by atoms with Crippen LogP contribution in [-0.2, 0) is 11.3 Å². The molecule has 0 amide bonds. The summed E-state index contributed by atoms with van der Waals surface area (Å²) in [7, 11) is 0. The summed E-state index contributed by atoms with van der Waals surface area (Å²) in [6.45, 7) is 5.77. The maximum absolute atomic E-state index is 9.13. The average Bonchev–Trinajstić information content (AvgIpc) is 2.59. The van der Waals surface area contributed by atoms with Crippen molar-refractivity contribution in [2.75, 3.05) is 6.61 Å². The van der Waals surface area contributed by atoms with Crippen LogP contribution in [0.5, 0.6) is 5.75 Å². The van der Waals surface area contributed by atoms with Crippen LogP contribution in [0.25, 0.3) is 0 Å². The van der Waals surface area contributed by atoms with Gasteiger partial charge in [-0.05, 0) is 32.4 Å². The Morgan fingerprint density at radius 1 is 1.62 bits per heavy atom. The first-order chi connectivity index (χ1) is 7.60. The molecular weight excluding hydrogens is 204 g/mol. The summed E-state index contributed by atoms with van der Waals surface area (Å²) in [5.74, 6) is 0.201. The van der Waals surface area contributed by atoms with E-state index in [9.17, 15) is 0 Å². The molecule has 2 heterocycles. The van der Waals surface area contributed by atoms with Gasteiger partial charge in [-0.25, -0.2) is 0 Å². The fourth-order valence-electron chi connectivity index (χ4n) is 1.88. The lowest BCUT2D eigenvalue weighted by Gasteiger charge is -2.28. The monoisotopic (exact) mass is 222 g/mol. The minimum absolute atomic E-state index is 0.0273. The fourth-order valence-corrected chi connectivity index (χ4v) is 1.88. The van der Waals surface area contributed by atoms with Crippen LogP contribution in [-0.4, -0.2) is 28.3 Å². The second-order valence-electron chi connectivity index (χ2n) is 4.54. The number of hydrogen-bond donors (Lipinski definition) is 2. The van der Waals surface area contributed by atoms with Crippen LogP contribution in [0.1, 0.15) is 26.0 Å². The van der Waals surface area contributed by atoms with Gasteiger partial charge in [0.1, 0.15) is 5.75 Å². The van der Waals surface area contributed by atoms with Gasteiger partial charge in [0, 0.05) is 18.7 Å². The van der Waals surface area contributed by atoms with E-state index < -0.39 is 0 Å². The summed E-state index contributed by atoms with van der Waals surface area (Å²) in [6, 6.07) is 3.48. The van der Waals surface area contributed by atoms with E-state index in [4.69, 9.17) is 9.84 Å². The topological polar surface area (TPSA) is 54.4 Å². The number of rotatable bonds is 3. The molecule has 1 fully saturated rings. The van der Waals surface area contributed by atoms with Crippen molar-refractivity contribution in [3.05, 3.63) is 24.0 Å². The molecule has 2 rings (SSSR count). The quantitative estimate of drug-likeness (QED) is 0.812. The summed E-state index contributed by atoms with van der Waals surface area (Å²) < 4.78 is 5.55. The summed E-state index contributed by atoms with van der Waals surface area (Å²) >= 11 is 0. The highest BCUT2D eigenvalue weighted by molar-refractivity contribution is 5.18. The van der Waals surface area contributed by atoms with Crippen LogP contribution in [0.15, 0.2) is 18.3 Å². The van der Waals surface area contributed by atoms with Crippen LogP contribution in [0, 0.1) is 0 Å². The van der Waals surface area contributed by atoms with Gasteiger partial charge in [-0.3, -0.25) is 4.98 Å². The molecule has 1 saturated heterocycles. The van der Waals surface area contributed by atoms with E-state index in [1.165, 1.54) is 6.20 Å². The van der Waals surface area contributed by atoms with Crippen LogP contribution in [0.3, 0.4) is 0 Å². The first kappa shape index (κ1) is 11.4. The van der Waals surface area contributed by atoms with Crippen molar-refractivity contribution in [2.45, 2.75) is 38.5 Å². The minimum atomic E-state index is 0.0273. The third kappa shape index (κ3) is 2.33. The Labute approximate surface area is 95.7 Å². The molecule has 2 atom stereocenters. The van der Waals surface area contributed by atoms with Crippen LogP contribution in [0.2, 0.25) is 0 Å². The van der Waals surface area contributed by atoms with Crippen molar-refractivity contribution in [2.24, 2.45) is 0 Å². The summed E-state index contributed by atoms with van der Waals surface area (Å²) in [5.41, 5.74) is 0.956. The van der Waals surface area contributed by atoms with E-state index in [2.05, 4.69) is 24.1 Å². The zero-order chi connectivity index (χ0) is 11.6. The number of aromatic hydroxyl groups is 1. The Balaban J connectivity index is 1.94. The van der Waals surface area contributed by atoms with Crippen LogP contribution in [0.4, 0.5) is 0 Å². The number of hydrogen-bond acceptors (Lipinski definition) is 4. The van der Waals surface area contributed by atoms with Gasteiger partial charge in [-0.2, -0.15) is 0 Å². The molecule has 4 heteroatoms. The Bertz CT molecular complexity index is 353. The normalized spacial score (nSPS) is 29.5. The summed E-state index contributed by atoms with van der Waals surface area (Å²) in [6.07, 6.45) is 2.71. The number of nitrogens with one attached hydrogen (secondary N) is 1. The van der Waals surface area contributed by atoms with E-state index in [0.29, 0.717) is 6.54 Å². The predicted molar refractivity (Wildman–Crippen MR) is 61.2 cm³/mol. The van der Waals surface area contributed by atoms with E-state index in [1.807, 2.05) is 6.07 Å². The first-order valence-corrected chi connectivity index (χ1v) is 5.61. The zero-order valence-electron chi connectivity index (χ0n) is 9.73. The molecule has 1 aliphatic rings. The van der Waals surface area contributed by atoms with Crippen LogP contribution < -0.4 is 5.32 Å². The Morgan fingerprint density at radius 3 is 3.00 bits per heavy atom. The van der Waals surface area contributed by atoms with Crippen molar-refractivity contribution >= 4 is 0 Å². The molecule has 0 bridgehead atoms. The zero-order valence-corrected chi connectivity index (χ0v) is 9.73. The van der Waals surface area contributed by atoms with Crippen molar-refractivity contribution in [1.82, 2.24) is 10.3 Å². The van der Waals surface area contributed by atoms with Crippen molar-refractivity contribution in [3.8, 4) is 5.75 Å². The smallest absolute Gasteiger partial charge is 0.133 e. The summed E-state index contributed by atoms with van der Waals surface area (Å²) in [4.78, 5) is 4.14. The minimum Gasteiger partial charge on any atom is -0.506 e. The molecule has 88 valence electrons. The van der Waals surface area contributed by atoms with Crippen molar-refractivity contribution in [3.63, 3.8) is 0 Å². The molecule has 1 aromatic rings. The van der Waals surface area contributed by atoms with Gasteiger partial charge < -0.3 is 15.2 Å². The van der Waals surface area contributed by atoms with Crippen LogP contribution >= 0.6 is 0 Å². The molecule has 0 aliphatic carbocycles.